The summed E-state index contributed by atoms with van der Waals surface area (Å²) in [5.41, 5.74) is -0.432. The van der Waals surface area contributed by atoms with Crippen molar-refractivity contribution in [3.8, 4) is 11.6 Å². The maximum atomic E-state index is 11.2. The van der Waals surface area contributed by atoms with Crippen LogP contribution in [-0.4, -0.2) is 9.97 Å². The second-order valence-corrected chi connectivity index (χ2v) is 4.12. The maximum absolute atomic E-state index is 11.2. The van der Waals surface area contributed by atoms with E-state index < -0.39 is 5.56 Å². The molecule has 2 rings (SSSR count). The summed E-state index contributed by atoms with van der Waals surface area (Å²) in [4.78, 5) is 17.4. The number of hydrogen-bond donors (Lipinski definition) is 1. The topological polar surface area (TPSA) is 55.0 Å². The third-order valence-electron chi connectivity index (χ3n) is 1.81. The fourth-order valence-corrected chi connectivity index (χ4v) is 1.58. The molecule has 1 aromatic heterocycles. The minimum atomic E-state index is -0.432. The SMILES string of the molecule is O=c1[nH]cnc(Oc2ccccc2Br)c1Cl. The van der Waals surface area contributed by atoms with Crippen molar-refractivity contribution in [2.45, 2.75) is 0 Å². The van der Waals surface area contributed by atoms with Crippen molar-refractivity contribution in [3.05, 3.63) is 50.4 Å². The number of nitrogens with zero attached hydrogens (tertiary/aromatic N) is 1. The lowest BCUT2D eigenvalue weighted by atomic mass is 10.3. The summed E-state index contributed by atoms with van der Waals surface area (Å²) in [6, 6.07) is 7.21. The van der Waals surface area contributed by atoms with Gasteiger partial charge in [0.2, 0.25) is 5.88 Å². The lowest BCUT2D eigenvalue weighted by Gasteiger charge is -2.06. The van der Waals surface area contributed by atoms with Gasteiger partial charge in [-0.3, -0.25) is 4.79 Å². The summed E-state index contributed by atoms with van der Waals surface area (Å²) in [5.74, 6) is 0.625. The minimum absolute atomic E-state index is 0.0711. The molecule has 82 valence electrons. The van der Waals surface area contributed by atoms with Crippen LogP contribution in [0.25, 0.3) is 0 Å². The van der Waals surface area contributed by atoms with E-state index in [0.29, 0.717) is 5.75 Å². The van der Waals surface area contributed by atoms with Crippen LogP contribution in [0.1, 0.15) is 0 Å². The van der Waals surface area contributed by atoms with E-state index in [0.717, 1.165) is 4.47 Å². The number of nitrogens with one attached hydrogen (secondary N) is 1. The predicted molar refractivity (Wildman–Crippen MR) is 64.1 cm³/mol. The van der Waals surface area contributed by atoms with Crippen molar-refractivity contribution < 1.29 is 4.74 Å². The number of hydrogen-bond acceptors (Lipinski definition) is 3. The Morgan fingerprint density at radius 2 is 2.12 bits per heavy atom. The van der Waals surface area contributed by atoms with E-state index >= 15 is 0 Å². The van der Waals surface area contributed by atoms with Gasteiger partial charge in [0, 0.05) is 0 Å². The summed E-state index contributed by atoms with van der Waals surface area (Å²) in [7, 11) is 0. The Balaban J connectivity index is 2.38. The van der Waals surface area contributed by atoms with Gasteiger partial charge >= 0.3 is 0 Å². The van der Waals surface area contributed by atoms with Crippen LogP contribution in [0.15, 0.2) is 39.9 Å². The molecule has 0 radical (unpaired) electrons. The molecule has 0 spiro atoms. The van der Waals surface area contributed by atoms with E-state index in [2.05, 4.69) is 25.9 Å². The van der Waals surface area contributed by atoms with Crippen molar-refractivity contribution in [2.24, 2.45) is 0 Å². The molecule has 1 aromatic carbocycles. The molecule has 0 saturated carbocycles. The second kappa shape index (κ2) is 4.67. The average molecular weight is 302 g/mol. The summed E-state index contributed by atoms with van der Waals surface area (Å²) < 4.78 is 6.17. The molecule has 1 N–H and O–H groups in total. The minimum Gasteiger partial charge on any atom is -0.436 e. The summed E-state index contributed by atoms with van der Waals surface area (Å²) in [5, 5.41) is -0.0711. The standard InChI is InChI=1S/C10H6BrClN2O2/c11-6-3-1-2-4-7(6)16-10-8(12)9(15)13-5-14-10/h1-5H,(H,13,14,15). The molecule has 0 aliphatic heterocycles. The van der Waals surface area contributed by atoms with Crippen molar-refractivity contribution in [1.29, 1.82) is 0 Å². The highest BCUT2D eigenvalue weighted by Crippen LogP contribution is 2.29. The van der Waals surface area contributed by atoms with Gasteiger partial charge in [-0.1, -0.05) is 23.7 Å². The van der Waals surface area contributed by atoms with Gasteiger partial charge in [0.05, 0.1) is 10.8 Å². The van der Waals surface area contributed by atoms with Crippen LogP contribution in [0.4, 0.5) is 0 Å². The van der Waals surface area contributed by atoms with Gasteiger partial charge in [-0.25, -0.2) is 4.98 Å². The first kappa shape index (κ1) is 11.2. The van der Waals surface area contributed by atoms with Gasteiger partial charge < -0.3 is 9.72 Å². The Morgan fingerprint density at radius 1 is 1.38 bits per heavy atom. The molecule has 2 aromatic rings. The first-order chi connectivity index (χ1) is 7.68. The summed E-state index contributed by atoms with van der Waals surface area (Å²) in [6.45, 7) is 0. The lowest BCUT2D eigenvalue weighted by Crippen LogP contribution is -2.07. The Bertz CT molecular complexity index is 571. The zero-order valence-electron chi connectivity index (χ0n) is 7.91. The summed E-state index contributed by atoms with van der Waals surface area (Å²) in [6.07, 6.45) is 1.24. The number of para-hydroxylation sites is 1. The van der Waals surface area contributed by atoms with Crippen molar-refractivity contribution in [2.75, 3.05) is 0 Å². The zero-order chi connectivity index (χ0) is 11.5. The van der Waals surface area contributed by atoms with Crippen LogP contribution in [0.3, 0.4) is 0 Å². The number of rotatable bonds is 2. The van der Waals surface area contributed by atoms with Crippen molar-refractivity contribution in [3.63, 3.8) is 0 Å². The van der Waals surface area contributed by atoms with Crippen LogP contribution in [0, 0.1) is 0 Å². The van der Waals surface area contributed by atoms with E-state index in [1.165, 1.54) is 6.33 Å². The van der Waals surface area contributed by atoms with Gasteiger partial charge in [-0.2, -0.15) is 0 Å². The van der Waals surface area contributed by atoms with Crippen LogP contribution >= 0.6 is 27.5 Å². The van der Waals surface area contributed by atoms with Crippen LogP contribution < -0.4 is 10.3 Å². The number of ether oxygens (including phenoxy) is 1. The Labute approximate surface area is 104 Å². The molecular weight excluding hydrogens is 295 g/mol. The number of aromatic nitrogens is 2. The maximum Gasteiger partial charge on any atom is 0.273 e. The smallest absolute Gasteiger partial charge is 0.273 e. The third kappa shape index (κ3) is 2.25. The van der Waals surface area contributed by atoms with E-state index in [4.69, 9.17) is 16.3 Å². The fourth-order valence-electron chi connectivity index (χ4n) is 1.07. The summed E-state index contributed by atoms with van der Waals surface area (Å²) >= 11 is 9.06. The second-order valence-electron chi connectivity index (χ2n) is 2.88. The molecule has 6 heteroatoms. The van der Waals surface area contributed by atoms with Crippen LogP contribution in [0.2, 0.25) is 5.02 Å². The van der Waals surface area contributed by atoms with Gasteiger partial charge in [-0.05, 0) is 28.1 Å². The highest BCUT2D eigenvalue weighted by Gasteiger charge is 2.09. The quantitative estimate of drug-likeness (QED) is 0.928. The molecular formula is C10H6BrClN2O2. The molecule has 0 bridgehead atoms. The molecule has 1 heterocycles. The number of H-pyrrole nitrogens is 1. The van der Waals surface area contributed by atoms with Crippen LogP contribution in [-0.2, 0) is 0 Å². The van der Waals surface area contributed by atoms with Crippen molar-refractivity contribution >= 4 is 27.5 Å². The molecule has 0 atom stereocenters. The first-order valence-electron chi connectivity index (χ1n) is 4.34. The Morgan fingerprint density at radius 3 is 2.88 bits per heavy atom. The Hall–Kier alpha value is -1.33. The zero-order valence-corrected chi connectivity index (χ0v) is 10.2. The molecule has 0 aliphatic rings. The monoisotopic (exact) mass is 300 g/mol. The highest BCUT2D eigenvalue weighted by molar-refractivity contribution is 9.10. The average Bonchev–Trinajstić information content (AvgIpc) is 2.28. The molecule has 0 aliphatic carbocycles. The molecule has 0 fully saturated rings. The molecule has 0 amide bonds. The van der Waals surface area contributed by atoms with E-state index in [9.17, 15) is 4.79 Å². The molecule has 0 saturated heterocycles. The number of benzene rings is 1. The van der Waals surface area contributed by atoms with Gasteiger partial charge in [0.1, 0.15) is 5.75 Å². The van der Waals surface area contributed by atoms with E-state index in [1.807, 2.05) is 12.1 Å². The van der Waals surface area contributed by atoms with Gasteiger partial charge in [0.25, 0.3) is 5.56 Å². The molecule has 4 nitrogen and oxygen atoms in total. The van der Waals surface area contributed by atoms with Crippen LogP contribution in [0.5, 0.6) is 11.6 Å². The lowest BCUT2D eigenvalue weighted by molar-refractivity contribution is 0.458. The highest BCUT2D eigenvalue weighted by atomic mass is 79.9. The van der Waals surface area contributed by atoms with E-state index in [-0.39, 0.29) is 10.9 Å². The third-order valence-corrected chi connectivity index (χ3v) is 2.80. The normalized spacial score (nSPS) is 10.1. The van der Waals surface area contributed by atoms with Gasteiger partial charge in [0.15, 0.2) is 5.02 Å². The number of aromatic amines is 1. The largest absolute Gasteiger partial charge is 0.436 e. The van der Waals surface area contributed by atoms with Crippen molar-refractivity contribution in [1.82, 2.24) is 9.97 Å². The van der Waals surface area contributed by atoms with E-state index in [1.54, 1.807) is 12.1 Å². The molecule has 0 unspecified atom stereocenters. The van der Waals surface area contributed by atoms with Gasteiger partial charge in [-0.15, -0.1) is 0 Å². The predicted octanol–water partition coefficient (Wildman–Crippen LogP) is 2.98. The number of halogens is 2. The Kier molecular flexibility index (Phi) is 3.26. The molecule has 16 heavy (non-hydrogen) atoms. The fraction of sp³-hybridized carbons (Fsp3) is 0. The first-order valence-corrected chi connectivity index (χ1v) is 5.51.